The number of para-hydroxylation sites is 1. The summed E-state index contributed by atoms with van der Waals surface area (Å²) >= 11 is 0. The molecule has 136 valence electrons. The van der Waals surface area contributed by atoms with E-state index in [1.807, 2.05) is 31.2 Å². The molecule has 1 fully saturated rings. The molecule has 0 radical (unpaired) electrons. The molecule has 2 aliphatic rings. The van der Waals surface area contributed by atoms with Crippen molar-refractivity contribution in [3.05, 3.63) is 36.0 Å². The number of nitrogens with zero attached hydrogens (tertiary/aromatic N) is 3. The van der Waals surface area contributed by atoms with Crippen molar-refractivity contribution in [1.29, 1.82) is 0 Å². The molecule has 2 aliphatic heterocycles. The number of ether oxygens (including phenoxy) is 3. The van der Waals surface area contributed by atoms with Crippen LogP contribution in [0.15, 0.2) is 30.5 Å². The second-order valence-electron chi connectivity index (χ2n) is 6.27. The third kappa shape index (κ3) is 3.03. The van der Waals surface area contributed by atoms with Gasteiger partial charge in [0, 0.05) is 12.1 Å². The first-order chi connectivity index (χ1) is 12.7. The van der Waals surface area contributed by atoms with Crippen molar-refractivity contribution in [2.45, 2.75) is 19.1 Å². The largest absolute Gasteiger partial charge is 0.496 e. The lowest BCUT2D eigenvalue weighted by Crippen LogP contribution is -2.44. The van der Waals surface area contributed by atoms with Gasteiger partial charge in [0.1, 0.15) is 5.75 Å². The van der Waals surface area contributed by atoms with Crippen LogP contribution in [0.4, 0.5) is 11.8 Å². The maximum Gasteiger partial charge on any atom is 0.263 e. The van der Waals surface area contributed by atoms with E-state index < -0.39 is 0 Å². The summed E-state index contributed by atoms with van der Waals surface area (Å²) in [6, 6.07) is 7.74. The number of morpholine rings is 1. The summed E-state index contributed by atoms with van der Waals surface area (Å²) in [6.07, 6.45) is 1.63. The zero-order chi connectivity index (χ0) is 18.1. The molecule has 0 unspecified atom stereocenters. The molecule has 1 aromatic heterocycles. The van der Waals surface area contributed by atoms with Crippen LogP contribution >= 0.6 is 0 Å². The fourth-order valence-corrected chi connectivity index (χ4v) is 3.23. The minimum absolute atomic E-state index is 0.0197. The molecular weight excluding hydrogens is 336 g/mol. The van der Waals surface area contributed by atoms with Crippen LogP contribution in [0, 0.1) is 0 Å². The monoisotopic (exact) mass is 356 g/mol. The number of hydrogen-bond acceptors (Lipinski definition) is 7. The van der Waals surface area contributed by atoms with Gasteiger partial charge in [0.15, 0.2) is 18.2 Å². The van der Waals surface area contributed by atoms with Gasteiger partial charge in [-0.3, -0.25) is 4.79 Å². The van der Waals surface area contributed by atoms with Crippen molar-refractivity contribution >= 4 is 17.7 Å². The van der Waals surface area contributed by atoms with Gasteiger partial charge in [-0.2, -0.15) is 4.98 Å². The number of anilines is 2. The van der Waals surface area contributed by atoms with Crippen LogP contribution in [0.3, 0.4) is 0 Å². The Morgan fingerprint density at radius 3 is 3.04 bits per heavy atom. The first kappa shape index (κ1) is 16.6. The van der Waals surface area contributed by atoms with Crippen LogP contribution in [0.2, 0.25) is 0 Å². The van der Waals surface area contributed by atoms with E-state index in [1.165, 1.54) is 0 Å². The topological polar surface area (TPSA) is 85.8 Å². The zero-order valence-corrected chi connectivity index (χ0v) is 14.6. The minimum atomic E-state index is -0.223. The number of nitrogens with one attached hydrogen (secondary N) is 1. The van der Waals surface area contributed by atoms with Crippen LogP contribution in [-0.2, 0) is 9.53 Å². The Balaban J connectivity index is 1.72. The number of fused-ring (bicyclic) bond motifs is 1. The molecule has 4 rings (SSSR count). The summed E-state index contributed by atoms with van der Waals surface area (Å²) in [4.78, 5) is 22.6. The van der Waals surface area contributed by atoms with Crippen molar-refractivity contribution in [3.8, 4) is 11.5 Å². The van der Waals surface area contributed by atoms with Crippen LogP contribution in [0.25, 0.3) is 0 Å². The normalized spacial score (nSPS) is 22.2. The van der Waals surface area contributed by atoms with Gasteiger partial charge in [0.25, 0.3) is 5.91 Å². The minimum Gasteiger partial charge on any atom is -0.496 e. The van der Waals surface area contributed by atoms with E-state index >= 15 is 0 Å². The highest BCUT2D eigenvalue weighted by Crippen LogP contribution is 2.36. The van der Waals surface area contributed by atoms with Gasteiger partial charge < -0.3 is 24.4 Å². The van der Waals surface area contributed by atoms with Gasteiger partial charge in [0.2, 0.25) is 5.95 Å². The van der Waals surface area contributed by atoms with Crippen LogP contribution in [0.5, 0.6) is 11.5 Å². The summed E-state index contributed by atoms with van der Waals surface area (Å²) in [5.74, 6) is 1.95. The zero-order valence-electron chi connectivity index (χ0n) is 14.6. The number of hydrogen-bond donors (Lipinski definition) is 1. The number of rotatable bonds is 3. The van der Waals surface area contributed by atoms with Crippen molar-refractivity contribution in [1.82, 2.24) is 9.97 Å². The standard InChI is InChI=1S/C18H20N4O4/c1-11-8-22(13(9-25-11)12-5-3-4-6-14(12)24-2)18-19-7-15-17(21-18)20-16(23)10-26-15/h3-7,11,13H,8-10H2,1-2H3,(H,19,20,21,23)/t11-,13+/m0/s1. The first-order valence-electron chi connectivity index (χ1n) is 8.46. The molecule has 1 aromatic carbocycles. The third-order valence-electron chi connectivity index (χ3n) is 4.48. The number of aromatic nitrogens is 2. The molecule has 8 nitrogen and oxygen atoms in total. The molecule has 2 aromatic rings. The third-order valence-corrected chi connectivity index (χ3v) is 4.48. The van der Waals surface area contributed by atoms with Crippen molar-refractivity contribution in [3.63, 3.8) is 0 Å². The molecular formula is C18H20N4O4. The van der Waals surface area contributed by atoms with Gasteiger partial charge in [-0.15, -0.1) is 0 Å². The lowest BCUT2D eigenvalue weighted by atomic mass is 10.0. The maximum atomic E-state index is 11.6. The SMILES string of the molecule is COc1ccccc1[C@H]1CO[C@@H](C)CN1c1ncc2c(n1)NC(=O)CO2. The average molecular weight is 356 g/mol. The van der Waals surface area contributed by atoms with Gasteiger partial charge in [-0.05, 0) is 13.0 Å². The quantitative estimate of drug-likeness (QED) is 0.897. The fourth-order valence-electron chi connectivity index (χ4n) is 3.23. The van der Waals surface area contributed by atoms with E-state index in [0.29, 0.717) is 30.7 Å². The highest BCUT2D eigenvalue weighted by atomic mass is 16.5. The van der Waals surface area contributed by atoms with E-state index in [4.69, 9.17) is 14.2 Å². The van der Waals surface area contributed by atoms with Gasteiger partial charge in [-0.25, -0.2) is 4.98 Å². The molecule has 1 saturated heterocycles. The van der Waals surface area contributed by atoms with E-state index in [0.717, 1.165) is 11.3 Å². The second-order valence-corrected chi connectivity index (χ2v) is 6.27. The maximum absolute atomic E-state index is 11.6. The van der Waals surface area contributed by atoms with Crippen LogP contribution < -0.4 is 19.7 Å². The summed E-state index contributed by atoms with van der Waals surface area (Å²) in [5.41, 5.74) is 1.00. The van der Waals surface area contributed by atoms with E-state index in [9.17, 15) is 4.79 Å². The summed E-state index contributed by atoms with van der Waals surface area (Å²) in [5, 5.41) is 2.73. The Morgan fingerprint density at radius 2 is 2.19 bits per heavy atom. The highest BCUT2D eigenvalue weighted by Gasteiger charge is 2.32. The Bertz CT molecular complexity index is 829. The molecule has 0 saturated carbocycles. The Morgan fingerprint density at radius 1 is 1.35 bits per heavy atom. The van der Waals surface area contributed by atoms with Gasteiger partial charge in [0.05, 0.1) is 32.1 Å². The number of amides is 1. The smallest absolute Gasteiger partial charge is 0.263 e. The van der Waals surface area contributed by atoms with Crippen LogP contribution in [0.1, 0.15) is 18.5 Å². The molecule has 0 bridgehead atoms. The van der Waals surface area contributed by atoms with Gasteiger partial charge in [-0.1, -0.05) is 18.2 Å². The van der Waals surface area contributed by atoms with E-state index in [1.54, 1.807) is 13.3 Å². The highest BCUT2D eigenvalue weighted by molar-refractivity contribution is 5.94. The Hall–Kier alpha value is -2.87. The predicted octanol–water partition coefficient (Wildman–Crippen LogP) is 1.78. The van der Waals surface area contributed by atoms with E-state index in [-0.39, 0.29) is 24.7 Å². The van der Waals surface area contributed by atoms with Crippen LogP contribution in [-0.4, -0.2) is 48.8 Å². The summed E-state index contributed by atoms with van der Waals surface area (Å²) in [6.45, 7) is 3.10. The molecule has 0 aliphatic carbocycles. The molecule has 3 heterocycles. The molecule has 0 spiro atoms. The lowest BCUT2D eigenvalue weighted by Gasteiger charge is -2.39. The number of carbonyl (C=O) groups is 1. The molecule has 8 heteroatoms. The summed E-state index contributed by atoms with van der Waals surface area (Å²) < 4.78 is 16.7. The molecule has 26 heavy (non-hydrogen) atoms. The number of carbonyl (C=O) groups excluding carboxylic acids is 1. The van der Waals surface area contributed by atoms with E-state index in [2.05, 4.69) is 20.2 Å². The first-order valence-corrected chi connectivity index (χ1v) is 8.46. The lowest BCUT2D eigenvalue weighted by molar-refractivity contribution is -0.118. The molecule has 2 atom stereocenters. The Kier molecular flexibility index (Phi) is 4.34. The number of methoxy groups -OCH3 is 1. The predicted molar refractivity (Wildman–Crippen MR) is 94.7 cm³/mol. The molecule has 1 N–H and O–H groups in total. The number of benzene rings is 1. The molecule has 1 amide bonds. The fraction of sp³-hybridized carbons (Fsp3) is 0.389. The van der Waals surface area contributed by atoms with Crippen molar-refractivity contribution in [2.75, 3.05) is 37.1 Å². The van der Waals surface area contributed by atoms with Crippen molar-refractivity contribution < 1.29 is 19.0 Å². The van der Waals surface area contributed by atoms with Crippen molar-refractivity contribution in [2.24, 2.45) is 0 Å². The Labute approximate surface area is 151 Å². The van der Waals surface area contributed by atoms with Gasteiger partial charge >= 0.3 is 0 Å². The average Bonchev–Trinajstić information content (AvgIpc) is 2.67. The summed E-state index contributed by atoms with van der Waals surface area (Å²) in [7, 11) is 1.65. The second kappa shape index (κ2) is 6.80.